The van der Waals surface area contributed by atoms with Gasteiger partial charge in [0.15, 0.2) is 0 Å². The number of rotatable bonds is 8. The van der Waals surface area contributed by atoms with E-state index in [-0.39, 0.29) is 11.8 Å². The zero-order chi connectivity index (χ0) is 12.8. The largest absolute Gasteiger partial charge is 0.214 e. The topological polar surface area (TPSA) is 37.4 Å². The molecule has 0 heterocycles. The van der Waals surface area contributed by atoms with Gasteiger partial charge in [0.25, 0.3) is 0 Å². The molecule has 4 heteroatoms. The maximum atomic E-state index is 12.1. The number of nitrogens with zero attached hydrogens (tertiary/aromatic N) is 1. The highest BCUT2D eigenvalue weighted by atomic mass is 32.2. The number of hydrogen-bond acceptors (Lipinski definition) is 2. The average Bonchev–Trinajstić information content (AvgIpc) is 2.14. The van der Waals surface area contributed by atoms with Crippen LogP contribution in [0.4, 0.5) is 0 Å². The first-order chi connectivity index (χ1) is 7.31. The van der Waals surface area contributed by atoms with Gasteiger partial charge in [-0.25, -0.2) is 8.42 Å². The van der Waals surface area contributed by atoms with Gasteiger partial charge in [-0.1, -0.05) is 27.2 Å². The molecule has 0 saturated heterocycles. The molecule has 0 atom stereocenters. The van der Waals surface area contributed by atoms with Gasteiger partial charge < -0.3 is 0 Å². The second kappa shape index (κ2) is 7.28. The summed E-state index contributed by atoms with van der Waals surface area (Å²) in [5.74, 6) is 0.724. The van der Waals surface area contributed by atoms with Crippen molar-refractivity contribution in [2.75, 3.05) is 12.3 Å². The van der Waals surface area contributed by atoms with E-state index in [0.29, 0.717) is 12.5 Å². The van der Waals surface area contributed by atoms with Crippen LogP contribution < -0.4 is 0 Å². The van der Waals surface area contributed by atoms with Crippen molar-refractivity contribution in [1.29, 1.82) is 0 Å². The normalized spacial score (nSPS) is 13.0. The lowest BCUT2D eigenvalue weighted by Crippen LogP contribution is -2.39. The second-order valence-corrected chi connectivity index (χ2v) is 7.10. The Morgan fingerprint density at radius 3 is 2.06 bits per heavy atom. The van der Waals surface area contributed by atoms with Crippen LogP contribution in [-0.4, -0.2) is 31.1 Å². The van der Waals surface area contributed by atoms with Gasteiger partial charge in [-0.05, 0) is 32.6 Å². The standard InChI is InChI=1S/C12H27NO2S/c1-6-7-9-13(12(4)5)16(14,15)10-8-11(2)3/h11-12H,6-10H2,1-5H3. The molecule has 0 aromatic carbocycles. The molecule has 3 nitrogen and oxygen atoms in total. The average molecular weight is 249 g/mol. The van der Waals surface area contributed by atoms with Gasteiger partial charge in [0, 0.05) is 12.6 Å². The number of unbranched alkanes of at least 4 members (excludes halogenated alkanes) is 1. The van der Waals surface area contributed by atoms with E-state index in [9.17, 15) is 8.42 Å². The fraction of sp³-hybridized carbons (Fsp3) is 1.00. The molecule has 16 heavy (non-hydrogen) atoms. The van der Waals surface area contributed by atoms with Gasteiger partial charge in [0.1, 0.15) is 0 Å². The molecule has 0 aliphatic heterocycles. The third-order valence-electron chi connectivity index (χ3n) is 2.62. The molecule has 0 aliphatic rings. The summed E-state index contributed by atoms with van der Waals surface area (Å²) in [4.78, 5) is 0. The predicted octanol–water partition coefficient (Wildman–Crippen LogP) is 2.87. The molecule has 0 N–H and O–H groups in total. The van der Waals surface area contributed by atoms with Crippen molar-refractivity contribution in [3.63, 3.8) is 0 Å². The van der Waals surface area contributed by atoms with Crippen LogP contribution in [0, 0.1) is 5.92 Å². The van der Waals surface area contributed by atoms with E-state index in [1.807, 2.05) is 13.8 Å². The summed E-state index contributed by atoms with van der Waals surface area (Å²) in [5.41, 5.74) is 0. The fourth-order valence-electron chi connectivity index (χ4n) is 1.53. The Balaban J connectivity index is 4.50. The molecule has 0 aromatic heterocycles. The third-order valence-corrected chi connectivity index (χ3v) is 4.69. The highest BCUT2D eigenvalue weighted by Crippen LogP contribution is 2.12. The zero-order valence-electron chi connectivity index (χ0n) is 11.4. The summed E-state index contributed by atoms with van der Waals surface area (Å²) in [5, 5.41) is 0. The van der Waals surface area contributed by atoms with E-state index in [2.05, 4.69) is 20.8 Å². The van der Waals surface area contributed by atoms with Crippen molar-refractivity contribution in [2.24, 2.45) is 5.92 Å². The monoisotopic (exact) mass is 249 g/mol. The van der Waals surface area contributed by atoms with Crippen molar-refractivity contribution in [3.8, 4) is 0 Å². The number of hydrogen-bond donors (Lipinski definition) is 0. The summed E-state index contributed by atoms with van der Waals surface area (Å²) in [6.45, 7) is 10.8. The summed E-state index contributed by atoms with van der Waals surface area (Å²) in [6.07, 6.45) is 2.72. The Kier molecular flexibility index (Phi) is 7.24. The first-order valence-electron chi connectivity index (χ1n) is 6.30. The Labute approximate surface area is 101 Å². The fourth-order valence-corrected chi connectivity index (χ4v) is 3.59. The summed E-state index contributed by atoms with van der Waals surface area (Å²) in [6, 6.07) is 0.0729. The minimum atomic E-state index is -3.06. The van der Waals surface area contributed by atoms with Crippen LogP contribution in [0.2, 0.25) is 0 Å². The zero-order valence-corrected chi connectivity index (χ0v) is 12.2. The summed E-state index contributed by atoms with van der Waals surface area (Å²) in [7, 11) is -3.06. The molecule has 0 unspecified atom stereocenters. The minimum absolute atomic E-state index is 0.0729. The van der Waals surface area contributed by atoms with Gasteiger partial charge in [-0.2, -0.15) is 4.31 Å². The molecule has 0 spiro atoms. The van der Waals surface area contributed by atoms with Crippen molar-refractivity contribution in [1.82, 2.24) is 4.31 Å². The first-order valence-corrected chi connectivity index (χ1v) is 7.91. The van der Waals surface area contributed by atoms with E-state index in [1.165, 1.54) is 0 Å². The summed E-state index contributed by atoms with van der Waals surface area (Å²) >= 11 is 0. The van der Waals surface area contributed by atoms with Crippen LogP contribution in [-0.2, 0) is 10.0 Å². The molecule has 0 saturated carbocycles. The molecule has 98 valence electrons. The predicted molar refractivity (Wildman–Crippen MR) is 70.0 cm³/mol. The van der Waals surface area contributed by atoms with Gasteiger partial charge in [-0.3, -0.25) is 0 Å². The SMILES string of the molecule is CCCCN(C(C)C)S(=O)(=O)CCC(C)C. The van der Waals surface area contributed by atoms with Crippen molar-refractivity contribution in [2.45, 2.75) is 59.9 Å². The quantitative estimate of drug-likeness (QED) is 0.663. The highest BCUT2D eigenvalue weighted by Gasteiger charge is 2.23. The van der Waals surface area contributed by atoms with Crippen LogP contribution in [0.15, 0.2) is 0 Å². The molecule has 0 aliphatic carbocycles. The molecule has 0 bridgehead atoms. The van der Waals surface area contributed by atoms with E-state index < -0.39 is 10.0 Å². The lowest BCUT2D eigenvalue weighted by molar-refractivity contribution is 0.346. The van der Waals surface area contributed by atoms with E-state index in [1.54, 1.807) is 4.31 Å². The van der Waals surface area contributed by atoms with E-state index in [0.717, 1.165) is 19.3 Å². The summed E-state index contributed by atoms with van der Waals surface area (Å²) < 4.78 is 25.9. The van der Waals surface area contributed by atoms with Crippen LogP contribution >= 0.6 is 0 Å². The van der Waals surface area contributed by atoms with Crippen LogP contribution in [0.3, 0.4) is 0 Å². The minimum Gasteiger partial charge on any atom is -0.212 e. The smallest absolute Gasteiger partial charge is 0.212 e. The number of sulfonamides is 1. The van der Waals surface area contributed by atoms with Crippen molar-refractivity contribution in [3.05, 3.63) is 0 Å². The Morgan fingerprint density at radius 1 is 1.12 bits per heavy atom. The first kappa shape index (κ1) is 15.9. The van der Waals surface area contributed by atoms with Crippen molar-refractivity contribution >= 4 is 10.0 Å². The molecule has 0 aromatic rings. The van der Waals surface area contributed by atoms with Crippen molar-refractivity contribution < 1.29 is 8.42 Å². The Hall–Kier alpha value is -0.0900. The van der Waals surface area contributed by atoms with Crippen LogP contribution in [0.5, 0.6) is 0 Å². The lowest BCUT2D eigenvalue weighted by atomic mass is 10.2. The van der Waals surface area contributed by atoms with Crippen LogP contribution in [0.25, 0.3) is 0 Å². The van der Waals surface area contributed by atoms with Gasteiger partial charge in [0.05, 0.1) is 5.75 Å². The van der Waals surface area contributed by atoms with E-state index >= 15 is 0 Å². The lowest BCUT2D eigenvalue weighted by Gasteiger charge is -2.26. The van der Waals surface area contributed by atoms with Gasteiger partial charge in [0.2, 0.25) is 10.0 Å². The molecular formula is C12H27NO2S. The highest BCUT2D eigenvalue weighted by molar-refractivity contribution is 7.89. The molecule has 0 radical (unpaired) electrons. The molecular weight excluding hydrogens is 222 g/mol. The second-order valence-electron chi connectivity index (χ2n) is 5.06. The van der Waals surface area contributed by atoms with Gasteiger partial charge in [-0.15, -0.1) is 0 Å². The Bertz CT molecular complexity index is 271. The van der Waals surface area contributed by atoms with E-state index in [4.69, 9.17) is 0 Å². The Morgan fingerprint density at radius 2 is 1.69 bits per heavy atom. The molecule has 0 rings (SSSR count). The third kappa shape index (κ3) is 5.85. The molecule has 0 amide bonds. The van der Waals surface area contributed by atoms with Gasteiger partial charge >= 0.3 is 0 Å². The maximum absolute atomic E-state index is 12.1. The molecule has 0 fully saturated rings. The van der Waals surface area contributed by atoms with Crippen LogP contribution in [0.1, 0.15) is 53.9 Å². The maximum Gasteiger partial charge on any atom is 0.214 e.